The van der Waals surface area contributed by atoms with Gasteiger partial charge in [-0.3, -0.25) is 5.43 Å². The van der Waals surface area contributed by atoms with Gasteiger partial charge in [-0.1, -0.05) is 48.5 Å². The van der Waals surface area contributed by atoms with Crippen LogP contribution in [0.4, 0.5) is 22.7 Å². The van der Waals surface area contributed by atoms with Gasteiger partial charge in [0.25, 0.3) is 0 Å². The number of benzene rings is 4. The molecule has 4 aromatic rings. The summed E-state index contributed by atoms with van der Waals surface area (Å²) < 4.78 is 0. The van der Waals surface area contributed by atoms with Gasteiger partial charge in [0, 0.05) is 17.1 Å². The maximum absolute atomic E-state index is 10.9. The van der Waals surface area contributed by atoms with Crippen molar-refractivity contribution >= 4 is 34.9 Å². The Morgan fingerprint density at radius 1 is 0.710 bits per heavy atom. The van der Waals surface area contributed by atoms with Gasteiger partial charge in [-0.2, -0.15) is 5.10 Å². The highest BCUT2D eigenvalue weighted by Gasteiger charge is 2.11. The van der Waals surface area contributed by atoms with Gasteiger partial charge in [0.2, 0.25) is 0 Å². The summed E-state index contributed by atoms with van der Waals surface area (Å²) in [5.41, 5.74) is 8.04. The first-order chi connectivity index (χ1) is 15.2. The Morgan fingerprint density at radius 3 is 1.74 bits per heavy atom. The molecule has 0 fully saturated rings. The predicted molar refractivity (Wildman–Crippen MR) is 126 cm³/mol. The van der Waals surface area contributed by atoms with Crippen LogP contribution >= 0.6 is 0 Å². The van der Waals surface area contributed by atoms with Crippen molar-refractivity contribution in [1.82, 2.24) is 0 Å². The normalized spacial score (nSPS) is 10.7. The first-order valence-electron chi connectivity index (χ1n) is 9.83. The van der Waals surface area contributed by atoms with Crippen molar-refractivity contribution in [3.63, 3.8) is 0 Å². The fourth-order valence-corrected chi connectivity index (χ4v) is 3.18. The van der Waals surface area contributed by atoms with E-state index in [4.69, 9.17) is 5.11 Å². The number of anilines is 4. The quantitative estimate of drug-likeness (QED) is 0.279. The minimum absolute atomic E-state index is 0.242. The number of aromatic carboxylic acids is 1. The van der Waals surface area contributed by atoms with Crippen LogP contribution in [0.5, 0.6) is 0 Å². The Morgan fingerprint density at radius 2 is 1.23 bits per heavy atom. The van der Waals surface area contributed by atoms with Crippen molar-refractivity contribution in [1.29, 1.82) is 0 Å². The molecule has 0 radical (unpaired) electrons. The van der Waals surface area contributed by atoms with Crippen LogP contribution < -0.4 is 10.3 Å². The Labute approximate surface area is 180 Å². The van der Waals surface area contributed by atoms with Crippen LogP contribution in [0.25, 0.3) is 0 Å². The Kier molecular flexibility index (Phi) is 6.05. The Bertz CT molecular complexity index is 1120. The van der Waals surface area contributed by atoms with E-state index in [1.54, 1.807) is 18.3 Å². The number of hydrazone groups is 1. The van der Waals surface area contributed by atoms with Crippen molar-refractivity contribution < 1.29 is 9.90 Å². The first kappa shape index (κ1) is 19.9. The van der Waals surface area contributed by atoms with Gasteiger partial charge in [0.1, 0.15) is 0 Å². The van der Waals surface area contributed by atoms with Crippen molar-refractivity contribution in [3.05, 3.63) is 120 Å². The summed E-state index contributed by atoms with van der Waals surface area (Å²) in [5.74, 6) is -0.949. The summed E-state index contributed by atoms with van der Waals surface area (Å²) in [7, 11) is 0. The van der Waals surface area contributed by atoms with Crippen LogP contribution in [0, 0.1) is 0 Å². The average molecular weight is 407 g/mol. The lowest BCUT2D eigenvalue weighted by Gasteiger charge is -2.25. The van der Waals surface area contributed by atoms with Gasteiger partial charge < -0.3 is 10.0 Å². The zero-order valence-corrected chi connectivity index (χ0v) is 16.7. The second-order valence-electron chi connectivity index (χ2n) is 6.85. The lowest BCUT2D eigenvalue weighted by Crippen LogP contribution is -2.09. The second-order valence-corrected chi connectivity index (χ2v) is 6.85. The lowest BCUT2D eigenvalue weighted by molar-refractivity contribution is 0.0697. The number of hydrogen-bond acceptors (Lipinski definition) is 4. The van der Waals surface area contributed by atoms with E-state index in [9.17, 15) is 4.79 Å². The molecule has 0 aliphatic carbocycles. The third-order valence-electron chi connectivity index (χ3n) is 4.72. The SMILES string of the molecule is O=C(O)c1ccc(N/N=C/c2ccc(N(c3ccccc3)c3ccccc3)cc2)cc1. The number of carbonyl (C=O) groups is 1. The Balaban J connectivity index is 1.50. The number of carboxylic acid groups (broad SMARTS) is 1. The molecule has 152 valence electrons. The van der Waals surface area contributed by atoms with Gasteiger partial charge in [0.15, 0.2) is 0 Å². The topological polar surface area (TPSA) is 64.9 Å². The molecule has 0 saturated heterocycles. The number of nitrogens with zero attached hydrogens (tertiary/aromatic N) is 2. The molecule has 0 aliphatic heterocycles. The number of hydrogen-bond donors (Lipinski definition) is 2. The van der Waals surface area contributed by atoms with E-state index in [1.165, 1.54) is 12.1 Å². The molecule has 0 spiro atoms. The van der Waals surface area contributed by atoms with Crippen LogP contribution in [0.15, 0.2) is 114 Å². The van der Waals surface area contributed by atoms with Gasteiger partial charge >= 0.3 is 5.97 Å². The van der Waals surface area contributed by atoms with E-state index < -0.39 is 5.97 Å². The minimum Gasteiger partial charge on any atom is -0.478 e. The molecule has 4 rings (SSSR count). The van der Waals surface area contributed by atoms with Crippen molar-refractivity contribution in [3.8, 4) is 0 Å². The molecule has 0 saturated carbocycles. The molecule has 0 aliphatic rings. The first-order valence-corrected chi connectivity index (χ1v) is 9.83. The van der Waals surface area contributed by atoms with E-state index in [0.717, 1.165) is 28.3 Å². The van der Waals surface area contributed by atoms with Crippen LogP contribution in [-0.4, -0.2) is 17.3 Å². The summed E-state index contributed by atoms with van der Waals surface area (Å²) in [5, 5.41) is 13.2. The average Bonchev–Trinajstić information content (AvgIpc) is 2.82. The summed E-state index contributed by atoms with van der Waals surface area (Å²) in [4.78, 5) is 13.1. The summed E-state index contributed by atoms with van der Waals surface area (Å²) in [6, 6.07) is 35.0. The molecule has 4 aromatic carbocycles. The molecule has 0 bridgehead atoms. The molecule has 5 nitrogen and oxygen atoms in total. The molecular formula is C26H21N3O2. The summed E-state index contributed by atoms with van der Waals surface area (Å²) in [6.07, 6.45) is 1.73. The predicted octanol–water partition coefficient (Wildman–Crippen LogP) is 6.30. The fraction of sp³-hybridized carbons (Fsp3) is 0. The molecule has 0 aromatic heterocycles. The molecule has 31 heavy (non-hydrogen) atoms. The molecule has 0 heterocycles. The molecular weight excluding hydrogens is 386 g/mol. The fourth-order valence-electron chi connectivity index (χ4n) is 3.18. The van der Waals surface area contributed by atoms with Gasteiger partial charge in [-0.05, 0) is 66.2 Å². The molecule has 0 atom stereocenters. The third kappa shape index (κ3) is 4.97. The number of para-hydroxylation sites is 2. The largest absolute Gasteiger partial charge is 0.478 e. The number of nitrogens with one attached hydrogen (secondary N) is 1. The molecule has 0 unspecified atom stereocenters. The van der Waals surface area contributed by atoms with E-state index >= 15 is 0 Å². The van der Waals surface area contributed by atoms with E-state index in [1.807, 2.05) is 48.5 Å². The standard InChI is InChI=1S/C26H21N3O2/c30-26(31)21-13-15-22(16-14-21)28-27-19-20-11-17-25(18-12-20)29(23-7-3-1-4-8-23)24-9-5-2-6-10-24/h1-19,28H,(H,30,31)/b27-19+. The monoisotopic (exact) mass is 407 g/mol. The van der Waals surface area contributed by atoms with E-state index in [-0.39, 0.29) is 5.56 Å². The van der Waals surface area contributed by atoms with Gasteiger partial charge in [-0.25, -0.2) is 4.79 Å². The zero-order valence-electron chi connectivity index (χ0n) is 16.7. The minimum atomic E-state index is -0.949. The third-order valence-corrected chi connectivity index (χ3v) is 4.72. The van der Waals surface area contributed by atoms with Gasteiger partial charge in [-0.15, -0.1) is 0 Å². The number of rotatable bonds is 7. The van der Waals surface area contributed by atoms with Crippen LogP contribution in [0.3, 0.4) is 0 Å². The van der Waals surface area contributed by atoms with Crippen LogP contribution in [0.1, 0.15) is 15.9 Å². The molecule has 2 N–H and O–H groups in total. The highest BCUT2D eigenvalue weighted by Crippen LogP contribution is 2.33. The van der Waals surface area contributed by atoms with Crippen molar-refractivity contribution in [2.45, 2.75) is 0 Å². The smallest absolute Gasteiger partial charge is 0.335 e. The van der Waals surface area contributed by atoms with Crippen molar-refractivity contribution in [2.24, 2.45) is 5.10 Å². The van der Waals surface area contributed by atoms with E-state index in [0.29, 0.717) is 0 Å². The lowest BCUT2D eigenvalue weighted by atomic mass is 10.1. The van der Waals surface area contributed by atoms with Gasteiger partial charge in [0.05, 0.1) is 17.5 Å². The number of carboxylic acids is 1. The Hall–Kier alpha value is -4.38. The maximum atomic E-state index is 10.9. The van der Waals surface area contributed by atoms with E-state index in [2.05, 4.69) is 51.8 Å². The molecule has 5 heteroatoms. The van der Waals surface area contributed by atoms with Crippen LogP contribution in [0.2, 0.25) is 0 Å². The second kappa shape index (κ2) is 9.41. The van der Waals surface area contributed by atoms with Crippen LogP contribution in [-0.2, 0) is 0 Å². The maximum Gasteiger partial charge on any atom is 0.335 e. The highest BCUT2D eigenvalue weighted by atomic mass is 16.4. The summed E-state index contributed by atoms with van der Waals surface area (Å²) in [6.45, 7) is 0. The molecule has 0 amide bonds. The zero-order chi connectivity index (χ0) is 21.5. The summed E-state index contributed by atoms with van der Waals surface area (Å²) >= 11 is 0. The highest BCUT2D eigenvalue weighted by molar-refractivity contribution is 5.88. The van der Waals surface area contributed by atoms with Crippen molar-refractivity contribution in [2.75, 3.05) is 10.3 Å².